The van der Waals surface area contributed by atoms with Gasteiger partial charge in [0.25, 0.3) is 5.91 Å². The summed E-state index contributed by atoms with van der Waals surface area (Å²) in [6.45, 7) is 6.89. The lowest BCUT2D eigenvalue weighted by molar-refractivity contribution is -0.123. The fourth-order valence-electron chi connectivity index (χ4n) is 3.51. The summed E-state index contributed by atoms with van der Waals surface area (Å²) < 4.78 is 13.3. The van der Waals surface area contributed by atoms with Crippen LogP contribution >= 0.6 is 0 Å². The van der Waals surface area contributed by atoms with E-state index in [-0.39, 0.29) is 24.2 Å². The number of piperazine rings is 1. The van der Waals surface area contributed by atoms with Gasteiger partial charge in [0.05, 0.1) is 13.1 Å². The number of nitrogens with zero attached hydrogens (tertiary/aromatic N) is 2. The first-order valence-electron chi connectivity index (χ1n) is 10.9. The van der Waals surface area contributed by atoms with Gasteiger partial charge in [-0.15, -0.1) is 0 Å². The number of guanidine groups is 1. The fourth-order valence-corrected chi connectivity index (χ4v) is 3.51. The van der Waals surface area contributed by atoms with E-state index in [0.29, 0.717) is 37.7 Å². The third kappa shape index (κ3) is 6.54. The molecule has 7 nitrogen and oxygen atoms in total. The number of carbonyl (C=O) groups excluding carboxylic acids is 2. The molecular weight excluding hydrogens is 409 g/mol. The van der Waals surface area contributed by atoms with Gasteiger partial charge in [0.2, 0.25) is 5.91 Å². The zero-order valence-electron chi connectivity index (χ0n) is 18.6. The molecule has 170 valence electrons. The van der Waals surface area contributed by atoms with Crippen LogP contribution in [0.2, 0.25) is 0 Å². The van der Waals surface area contributed by atoms with Crippen LogP contribution in [-0.4, -0.2) is 55.4 Å². The second kappa shape index (κ2) is 11.3. The van der Waals surface area contributed by atoms with Gasteiger partial charge in [-0.1, -0.05) is 18.2 Å². The van der Waals surface area contributed by atoms with Crippen molar-refractivity contribution in [1.29, 1.82) is 0 Å². The average molecular weight is 440 g/mol. The molecule has 1 fully saturated rings. The van der Waals surface area contributed by atoms with Gasteiger partial charge in [-0.05, 0) is 61.2 Å². The molecule has 0 bridgehead atoms. The van der Waals surface area contributed by atoms with Crippen molar-refractivity contribution in [1.82, 2.24) is 20.9 Å². The highest BCUT2D eigenvalue weighted by molar-refractivity contribution is 5.97. The van der Waals surface area contributed by atoms with Gasteiger partial charge in [0, 0.05) is 31.7 Å². The van der Waals surface area contributed by atoms with Gasteiger partial charge in [-0.3, -0.25) is 9.59 Å². The molecule has 0 aliphatic carbocycles. The summed E-state index contributed by atoms with van der Waals surface area (Å²) in [5.74, 6) is 0.213. The molecule has 3 rings (SSSR count). The van der Waals surface area contributed by atoms with Gasteiger partial charge < -0.3 is 20.9 Å². The summed E-state index contributed by atoms with van der Waals surface area (Å²) in [7, 11) is 0. The molecule has 0 spiro atoms. The Morgan fingerprint density at radius 1 is 1.19 bits per heavy atom. The zero-order chi connectivity index (χ0) is 22.9. The van der Waals surface area contributed by atoms with Crippen molar-refractivity contribution in [2.75, 3.05) is 32.7 Å². The van der Waals surface area contributed by atoms with Crippen LogP contribution in [0.1, 0.15) is 34.0 Å². The van der Waals surface area contributed by atoms with Crippen LogP contribution in [0.5, 0.6) is 0 Å². The van der Waals surface area contributed by atoms with Crippen LogP contribution < -0.4 is 16.0 Å². The Balaban J connectivity index is 1.54. The van der Waals surface area contributed by atoms with E-state index in [1.165, 1.54) is 6.07 Å². The molecule has 0 radical (unpaired) electrons. The number of nitrogens with one attached hydrogen (secondary N) is 3. The third-order valence-corrected chi connectivity index (χ3v) is 5.28. The Morgan fingerprint density at radius 3 is 2.66 bits per heavy atom. The smallest absolute Gasteiger partial charge is 0.254 e. The molecule has 0 aromatic heterocycles. The predicted molar refractivity (Wildman–Crippen MR) is 123 cm³/mol. The maximum atomic E-state index is 13.3. The number of hydrogen-bond acceptors (Lipinski definition) is 3. The van der Waals surface area contributed by atoms with Crippen LogP contribution in [0.25, 0.3) is 0 Å². The van der Waals surface area contributed by atoms with Crippen molar-refractivity contribution < 1.29 is 14.0 Å². The molecule has 8 heteroatoms. The number of rotatable bonds is 7. The molecule has 3 N–H and O–H groups in total. The zero-order valence-corrected chi connectivity index (χ0v) is 18.6. The highest BCUT2D eigenvalue weighted by atomic mass is 19.1. The normalized spacial score (nSPS) is 14.2. The minimum atomic E-state index is -0.219. The first kappa shape index (κ1) is 23.2. The number of aryl methyl sites for hydroxylation is 1. The summed E-state index contributed by atoms with van der Waals surface area (Å²) in [6, 6.07) is 12.2. The quantitative estimate of drug-likeness (QED) is 0.455. The molecule has 2 amide bonds. The van der Waals surface area contributed by atoms with Crippen LogP contribution in [0.3, 0.4) is 0 Å². The molecule has 1 heterocycles. The van der Waals surface area contributed by atoms with E-state index in [4.69, 9.17) is 0 Å². The van der Waals surface area contributed by atoms with E-state index in [2.05, 4.69) is 20.9 Å². The lowest BCUT2D eigenvalue weighted by atomic mass is 10.1. The Hall–Kier alpha value is -3.42. The Bertz CT molecular complexity index is 975. The van der Waals surface area contributed by atoms with Crippen molar-refractivity contribution >= 4 is 17.8 Å². The Morgan fingerprint density at radius 2 is 1.97 bits per heavy atom. The maximum absolute atomic E-state index is 13.3. The second-order valence-corrected chi connectivity index (χ2v) is 7.72. The number of amides is 2. The third-order valence-electron chi connectivity index (χ3n) is 5.28. The topological polar surface area (TPSA) is 85.8 Å². The monoisotopic (exact) mass is 439 g/mol. The summed E-state index contributed by atoms with van der Waals surface area (Å²) >= 11 is 0. The number of halogens is 1. The van der Waals surface area contributed by atoms with Crippen molar-refractivity contribution in [2.24, 2.45) is 4.99 Å². The molecule has 1 saturated heterocycles. The van der Waals surface area contributed by atoms with Gasteiger partial charge in [0.1, 0.15) is 5.82 Å². The highest BCUT2D eigenvalue weighted by Crippen LogP contribution is 2.11. The van der Waals surface area contributed by atoms with Crippen LogP contribution in [0, 0.1) is 12.7 Å². The van der Waals surface area contributed by atoms with Crippen molar-refractivity contribution in [3.63, 3.8) is 0 Å². The Labute approximate surface area is 188 Å². The van der Waals surface area contributed by atoms with Gasteiger partial charge >= 0.3 is 0 Å². The van der Waals surface area contributed by atoms with Crippen molar-refractivity contribution in [3.8, 4) is 0 Å². The summed E-state index contributed by atoms with van der Waals surface area (Å²) in [6.07, 6.45) is 0.766. The lowest BCUT2D eigenvalue weighted by Gasteiger charge is -2.26. The number of carbonyl (C=O) groups is 2. The molecular formula is C24H30FN5O2. The first-order valence-corrected chi connectivity index (χ1v) is 10.9. The molecule has 2 aromatic rings. The standard InChI is InChI=1S/C24H30FN5O2/c1-3-26-24(28-11-10-19-8-9-21(25)14-17(19)2)29-15-18-4-6-20(7-5-18)23(32)30-13-12-27-22(31)16-30/h4-9,14H,3,10-13,15-16H2,1-2H3,(H,27,31)(H2,26,28,29). The lowest BCUT2D eigenvalue weighted by Crippen LogP contribution is -2.49. The van der Waals surface area contributed by atoms with E-state index in [1.54, 1.807) is 23.1 Å². The minimum absolute atomic E-state index is 0.0973. The predicted octanol–water partition coefficient (Wildman–Crippen LogP) is 2.00. The maximum Gasteiger partial charge on any atom is 0.254 e. The largest absolute Gasteiger partial charge is 0.357 e. The van der Waals surface area contributed by atoms with E-state index >= 15 is 0 Å². The number of benzene rings is 2. The van der Waals surface area contributed by atoms with Gasteiger partial charge in [0.15, 0.2) is 5.96 Å². The summed E-state index contributed by atoms with van der Waals surface area (Å²) in [5, 5.41) is 9.24. The average Bonchev–Trinajstić information content (AvgIpc) is 2.79. The minimum Gasteiger partial charge on any atom is -0.357 e. The molecule has 0 unspecified atom stereocenters. The molecule has 1 aliphatic rings. The molecule has 32 heavy (non-hydrogen) atoms. The van der Waals surface area contributed by atoms with Gasteiger partial charge in [-0.2, -0.15) is 0 Å². The first-order chi connectivity index (χ1) is 15.5. The van der Waals surface area contributed by atoms with Crippen molar-refractivity contribution in [2.45, 2.75) is 26.8 Å². The summed E-state index contributed by atoms with van der Waals surface area (Å²) in [4.78, 5) is 30.2. The summed E-state index contributed by atoms with van der Waals surface area (Å²) in [5.41, 5.74) is 3.58. The van der Waals surface area contributed by atoms with E-state index in [1.807, 2.05) is 32.0 Å². The second-order valence-electron chi connectivity index (χ2n) is 7.72. The van der Waals surface area contributed by atoms with Crippen molar-refractivity contribution in [3.05, 3.63) is 70.5 Å². The van der Waals surface area contributed by atoms with E-state index in [9.17, 15) is 14.0 Å². The van der Waals surface area contributed by atoms with Gasteiger partial charge in [-0.25, -0.2) is 9.38 Å². The number of aliphatic imine (C=N–C) groups is 1. The van der Waals surface area contributed by atoms with Crippen LogP contribution in [0.15, 0.2) is 47.5 Å². The fraction of sp³-hybridized carbons (Fsp3) is 0.375. The molecule has 0 atom stereocenters. The molecule has 1 aliphatic heterocycles. The SMILES string of the molecule is CCNC(=NCc1ccc(C(=O)N2CCNC(=O)C2)cc1)NCCc1ccc(F)cc1C. The Kier molecular flexibility index (Phi) is 8.19. The highest BCUT2D eigenvalue weighted by Gasteiger charge is 2.22. The number of hydrogen-bond donors (Lipinski definition) is 3. The van der Waals surface area contributed by atoms with E-state index in [0.717, 1.165) is 29.7 Å². The van der Waals surface area contributed by atoms with Crippen LogP contribution in [0.4, 0.5) is 4.39 Å². The van der Waals surface area contributed by atoms with Crippen LogP contribution in [-0.2, 0) is 17.8 Å². The van der Waals surface area contributed by atoms with E-state index < -0.39 is 0 Å². The molecule has 2 aromatic carbocycles. The molecule has 0 saturated carbocycles.